The normalized spacial score (nSPS) is 14.9. The summed E-state index contributed by atoms with van der Waals surface area (Å²) in [5, 5.41) is 5.03. The average Bonchev–Trinajstić information content (AvgIpc) is 3.77. The van der Waals surface area contributed by atoms with Crippen LogP contribution in [0.15, 0.2) is 176 Å². The van der Waals surface area contributed by atoms with E-state index >= 15 is 0 Å². The molecule has 0 fully saturated rings. The fourth-order valence-corrected chi connectivity index (χ4v) is 10.5. The van der Waals surface area contributed by atoms with Gasteiger partial charge in [-0.1, -0.05) is 143 Å². The Hall–Kier alpha value is -6.84. The van der Waals surface area contributed by atoms with Gasteiger partial charge in [-0.05, 0) is 94.0 Å². The lowest BCUT2D eigenvalue weighted by Gasteiger charge is -2.49. The van der Waals surface area contributed by atoms with Crippen LogP contribution in [-0.2, 0) is 10.8 Å². The third kappa shape index (κ3) is 4.26. The molecule has 0 amide bonds. The van der Waals surface area contributed by atoms with Gasteiger partial charge in [-0.3, -0.25) is 0 Å². The van der Waals surface area contributed by atoms with Gasteiger partial charge in [-0.25, -0.2) is 0 Å². The molecule has 2 aliphatic rings. The number of anilines is 3. The summed E-state index contributed by atoms with van der Waals surface area (Å²) in [5.41, 5.74) is 18.7. The van der Waals surface area contributed by atoms with Crippen LogP contribution in [0.5, 0.6) is 0 Å². The molecule has 0 bridgehead atoms. The van der Waals surface area contributed by atoms with Crippen LogP contribution in [0.25, 0.3) is 66.1 Å². The fraction of sp³-hybridized carbons (Fsp3) is 0.111. The third-order valence-corrected chi connectivity index (χ3v) is 13.3. The zero-order chi connectivity index (χ0) is 38.2. The van der Waals surface area contributed by atoms with E-state index < -0.39 is 0 Å². The maximum absolute atomic E-state index is 2.54. The Kier molecular flexibility index (Phi) is 6.46. The number of para-hydroxylation sites is 5. The Morgan fingerprint density at radius 2 is 0.789 bits per heavy atom. The van der Waals surface area contributed by atoms with E-state index in [2.05, 4.69) is 218 Å². The van der Waals surface area contributed by atoms with Crippen LogP contribution in [0, 0.1) is 0 Å². The Morgan fingerprint density at radius 1 is 0.351 bits per heavy atom. The van der Waals surface area contributed by atoms with Crippen LogP contribution in [0.2, 0.25) is 0 Å². The SMILES string of the molecule is CC1(C)c2ccccc2N2c3ccccc3C(C)(C)c3cc(-c4ccc(-n5c6ccccc6c6ccc7c8ccccc8n(-c8ccccc8)c7c65)cc4)cc1c32. The van der Waals surface area contributed by atoms with Crippen molar-refractivity contribution >= 4 is 60.7 Å². The van der Waals surface area contributed by atoms with Crippen molar-refractivity contribution < 1.29 is 0 Å². The maximum Gasteiger partial charge on any atom is 0.0788 e. The highest BCUT2D eigenvalue weighted by Gasteiger charge is 2.45. The van der Waals surface area contributed by atoms with E-state index in [1.165, 1.54) is 94.1 Å². The van der Waals surface area contributed by atoms with Crippen molar-refractivity contribution in [2.45, 2.75) is 38.5 Å². The molecule has 3 nitrogen and oxygen atoms in total. The zero-order valence-electron chi connectivity index (χ0n) is 32.6. The average molecular weight is 732 g/mol. The Labute approximate surface area is 332 Å². The number of fused-ring (bicyclic) bond motifs is 11. The first-order valence-electron chi connectivity index (χ1n) is 20.1. The van der Waals surface area contributed by atoms with Gasteiger partial charge < -0.3 is 14.0 Å². The van der Waals surface area contributed by atoms with E-state index in [1.54, 1.807) is 0 Å². The highest BCUT2D eigenvalue weighted by molar-refractivity contribution is 6.23. The molecule has 10 aromatic rings. The van der Waals surface area contributed by atoms with Crippen LogP contribution in [0.3, 0.4) is 0 Å². The van der Waals surface area contributed by atoms with Gasteiger partial charge in [-0.2, -0.15) is 0 Å². The second kappa shape index (κ2) is 11.4. The highest BCUT2D eigenvalue weighted by Crippen LogP contribution is 2.60. The lowest BCUT2D eigenvalue weighted by molar-refractivity contribution is 0.598. The minimum absolute atomic E-state index is 0.180. The van der Waals surface area contributed by atoms with E-state index in [9.17, 15) is 0 Å². The summed E-state index contributed by atoms with van der Waals surface area (Å²) in [6, 6.07) is 65.4. The molecule has 272 valence electrons. The summed E-state index contributed by atoms with van der Waals surface area (Å²) in [7, 11) is 0. The molecule has 0 aliphatic carbocycles. The molecular formula is C54H41N3. The number of hydrogen-bond acceptors (Lipinski definition) is 1. The summed E-state index contributed by atoms with van der Waals surface area (Å²) in [6.45, 7) is 9.60. The van der Waals surface area contributed by atoms with E-state index in [-0.39, 0.29) is 10.8 Å². The second-order valence-electron chi connectivity index (χ2n) is 17.0. The lowest BCUT2D eigenvalue weighted by Crippen LogP contribution is -2.38. The number of benzene rings is 8. The first kappa shape index (κ1) is 32.4. The molecule has 0 saturated carbocycles. The molecule has 0 N–H and O–H groups in total. The minimum atomic E-state index is -0.180. The topological polar surface area (TPSA) is 13.1 Å². The Bertz CT molecular complexity index is 3200. The molecule has 2 aliphatic heterocycles. The predicted octanol–water partition coefficient (Wildman–Crippen LogP) is 14.3. The molecule has 0 atom stereocenters. The first-order chi connectivity index (χ1) is 27.8. The van der Waals surface area contributed by atoms with Gasteiger partial charge in [0.2, 0.25) is 0 Å². The Morgan fingerprint density at radius 3 is 1.32 bits per heavy atom. The molecule has 0 unspecified atom stereocenters. The highest BCUT2D eigenvalue weighted by atomic mass is 15.2. The van der Waals surface area contributed by atoms with Crippen molar-refractivity contribution in [1.29, 1.82) is 0 Å². The summed E-state index contributed by atoms with van der Waals surface area (Å²) in [6.07, 6.45) is 0. The molecule has 3 heteroatoms. The van der Waals surface area contributed by atoms with E-state index in [0.717, 1.165) is 11.4 Å². The van der Waals surface area contributed by atoms with Crippen LogP contribution < -0.4 is 4.90 Å². The second-order valence-corrected chi connectivity index (χ2v) is 17.0. The molecule has 0 radical (unpaired) electrons. The van der Waals surface area contributed by atoms with Crippen molar-refractivity contribution in [3.05, 3.63) is 198 Å². The van der Waals surface area contributed by atoms with Gasteiger partial charge in [-0.15, -0.1) is 0 Å². The lowest BCUT2D eigenvalue weighted by atomic mass is 9.65. The third-order valence-electron chi connectivity index (χ3n) is 13.3. The number of hydrogen-bond donors (Lipinski definition) is 0. The van der Waals surface area contributed by atoms with Crippen molar-refractivity contribution in [2.75, 3.05) is 4.90 Å². The van der Waals surface area contributed by atoms with Gasteiger partial charge in [0.15, 0.2) is 0 Å². The van der Waals surface area contributed by atoms with E-state index in [4.69, 9.17) is 0 Å². The molecule has 12 rings (SSSR count). The molecular weight excluding hydrogens is 691 g/mol. The fourth-order valence-electron chi connectivity index (χ4n) is 10.5. The quantitative estimate of drug-likeness (QED) is 0.176. The Balaban J connectivity index is 1.09. The minimum Gasteiger partial charge on any atom is -0.309 e. The number of nitrogens with zero attached hydrogens (tertiary/aromatic N) is 3. The van der Waals surface area contributed by atoms with Crippen molar-refractivity contribution in [1.82, 2.24) is 9.13 Å². The molecule has 4 heterocycles. The van der Waals surface area contributed by atoms with Gasteiger partial charge >= 0.3 is 0 Å². The van der Waals surface area contributed by atoms with E-state index in [1.807, 2.05) is 0 Å². The first-order valence-corrected chi connectivity index (χ1v) is 20.1. The van der Waals surface area contributed by atoms with Crippen LogP contribution >= 0.6 is 0 Å². The van der Waals surface area contributed by atoms with E-state index in [0.29, 0.717) is 0 Å². The largest absolute Gasteiger partial charge is 0.309 e. The summed E-state index contributed by atoms with van der Waals surface area (Å²) >= 11 is 0. The summed E-state index contributed by atoms with van der Waals surface area (Å²) in [4.78, 5) is 2.54. The van der Waals surface area contributed by atoms with Crippen molar-refractivity contribution in [3.8, 4) is 22.5 Å². The van der Waals surface area contributed by atoms with Crippen LogP contribution in [-0.4, -0.2) is 9.13 Å². The predicted molar refractivity (Wildman–Crippen MR) is 239 cm³/mol. The van der Waals surface area contributed by atoms with Crippen molar-refractivity contribution in [3.63, 3.8) is 0 Å². The van der Waals surface area contributed by atoms with Crippen LogP contribution in [0.4, 0.5) is 17.1 Å². The van der Waals surface area contributed by atoms with Crippen molar-refractivity contribution in [2.24, 2.45) is 0 Å². The number of rotatable bonds is 3. The van der Waals surface area contributed by atoms with Gasteiger partial charge in [0.05, 0.1) is 39.1 Å². The van der Waals surface area contributed by atoms with Gasteiger partial charge in [0, 0.05) is 43.7 Å². The maximum atomic E-state index is 2.54. The molecule has 0 spiro atoms. The summed E-state index contributed by atoms with van der Waals surface area (Å²) in [5.74, 6) is 0. The number of aromatic nitrogens is 2. The van der Waals surface area contributed by atoms with Crippen LogP contribution in [0.1, 0.15) is 49.9 Å². The molecule has 2 aromatic heterocycles. The molecule has 8 aromatic carbocycles. The monoisotopic (exact) mass is 731 g/mol. The van der Waals surface area contributed by atoms with Gasteiger partial charge in [0.25, 0.3) is 0 Å². The smallest absolute Gasteiger partial charge is 0.0788 e. The summed E-state index contributed by atoms with van der Waals surface area (Å²) < 4.78 is 4.95. The molecule has 57 heavy (non-hydrogen) atoms. The zero-order valence-corrected chi connectivity index (χ0v) is 32.6. The van der Waals surface area contributed by atoms with Gasteiger partial charge in [0.1, 0.15) is 0 Å². The molecule has 0 saturated heterocycles. The standard InChI is InChI=1S/C54H41N3/c1-53(2)42-20-10-14-24-48(42)57-49-25-15-11-21-43(49)54(3,4)45-33-35(32-44(53)52(45)57)34-26-28-37(29-27-34)56-47-23-13-9-19-39(47)41-31-30-40-38-18-8-12-22-46(38)55(50(40)51(41)56)36-16-6-5-7-17-36/h5-33H,1-4H3.